The molecule has 3 heterocycles. The van der Waals surface area contributed by atoms with Crippen molar-refractivity contribution in [3.8, 4) is 0 Å². The highest BCUT2D eigenvalue weighted by molar-refractivity contribution is 6.31. The zero-order chi connectivity index (χ0) is 15.3. The summed E-state index contributed by atoms with van der Waals surface area (Å²) in [4.78, 5) is 26.0. The van der Waals surface area contributed by atoms with Crippen LogP contribution in [0.4, 0.5) is 0 Å². The Morgan fingerprint density at radius 3 is 2.18 bits per heavy atom. The summed E-state index contributed by atoms with van der Waals surface area (Å²) in [5.74, 6) is -0.495. The number of carbonyl (C=O) groups excluding carboxylic acids is 2. The number of piperidine rings is 1. The van der Waals surface area contributed by atoms with Gasteiger partial charge in [0.05, 0.1) is 17.7 Å². The van der Waals surface area contributed by atoms with Crippen molar-refractivity contribution < 1.29 is 9.59 Å². The molecule has 0 aliphatic carbocycles. The molecule has 2 fully saturated rings. The van der Waals surface area contributed by atoms with Gasteiger partial charge in [-0.25, -0.2) is 5.32 Å². The van der Waals surface area contributed by atoms with Crippen molar-refractivity contribution in [2.45, 2.75) is 37.8 Å². The number of carbonyl (C=O) groups is 2. The van der Waals surface area contributed by atoms with E-state index in [4.69, 9.17) is 11.6 Å². The predicted octanol–water partition coefficient (Wildman–Crippen LogP) is 2.70. The highest BCUT2D eigenvalue weighted by Crippen LogP contribution is 2.35. The second-order valence-corrected chi connectivity index (χ2v) is 6.65. The molecule has 1 aromatic carbocycles. The lowest BCUT2D eigenvalue weighted by molar-refractivity contribution is 0.0670. The summed E-state index contributed by atoms with van der Waals surface area (Å²) in [6.45, 7) is 0.183. The Balaban J connectivity index is 1.57. The molecule has 22 heavy (non-hydrogen) atoms. The summed E-state index contributed by atoms with van der Waals surface area (Å²) in [6.07, 6.45) is 4.01. The van der Waals surface area contributed by atoms with Crippen molar-refractivity contribution in [2.24, 2.45) is 0 Å². The maximum Gasteiger partial charge on any atom is 0.261 e. The number of rotatable bonds is 2. The summed E-state index contributed by atoms with van der Waals surface area (Å²) in [5.41, 5.74) is 2.11. The molecule has 2 atom stereocenters. The minimum absolute atomic E-state index is 0.183. The fourth-order valence-electron chi connectivity index (χ4n) is 3.65. The first kappa shape index (κ1) is 14.0. The number of benzene rings is 1. The van der Waals surface area contributed by atoms with Crippen LogP contribution in [0, 0.1) is 0 Å². The molecule has 113 valence electrons. The Morgan fingerprint density at radius 1 is 1.09 bits per heavy atom. The SMILES string of the molecule is O=C1c2ccccc2C(=O)N1CC(Cl)=C1CC2CCC(C1)[N]2. The Kier molecular flexibility index (Phi) is 3.31. The monoisotopic (exact) mass is 315 g/mol. The van der Waals surface area contributed by atoms with Crippen molar-refractivity contribution >= 4 is 23.4 Å². The Bertz CT molecular complexity index is 649. The van der Waals surface area contributed by atoms with E-state index < -0.39 is 0 Å². The maximum atomic E-state index is 12.4. The zero-order valence-electron chi connectivity index (χ0n) is 12.1. The predicted molar refractivity (Wildman–Crippen MR) is 82.9 cm³/mol. The molecule has 4 rings (SSSR count). The standard InChI is InChI=1S/C17H16ClN2O2/c18-15(10-7-11-5-6-12(8-10)19-11)9-20-16(21)13-3-1-2-4-14(13)17(20)22/h1-4,11-12H,5-9H2. The van der Waals surface area contributed by atoms with Gasteiger partial charge in [0.25, 0.3) is 11.8 Å². The van der Waals surface area contributed by atoms with Gasteiger partial charge in [0, 0.05) is 17.1 Å². The quantitative estimate of drug-likeness (QED) is 0.788. The van der Waals surface area contributed by atoms with Crippen LogP contribution in [0.2, 0.25) is 0 Å². The lowest BCUT2D eigenvalue weighted by Crippen LogP contribution is -2.33. The number of halogens is 1. The van der Waals surface area contributed by atoms with E-state index in [9.17, 15) is 9.59 Å². The normalized spacial score (nSPS) is 26.6. The smallest absolute Gasteiger partial charge is 0.261 e. The summed E-state index contributed by atoms with van der Waals surface area (Å²) in [5, 5.41) is 5.32. The van der Waals surface area contributed by atoms with E-state index in [1.807, 2.05) is 0 Å². The van der Waals surface area contributed by atoms with Crippen LogP contribution < -0.4 is 5.32 Å². The lowest BCUT2D eigenvalue weighted by Gasteiger charge is -2.24. The number of hydrogen-bond acceptors (Lipinski definition) is 2. The fraction of sp³-hybridized carbons (Fsp3) is 0.412. The van der Waals surface area contributed by atoms with Crippen LogP contribution in [0.15, 0.2) is 34.9 Å². The highest BCUT2D eigenvalue weighted by atomic mass is 35.5. The van der Waals surface area contributed by atoms with Gasteiger partial charge in [-0.1, -0.05) is 29.3 Å². The number of fused-ring (bicyclic) bond motifs is 3. The molecule has 0 N–H and O–H groups in total. The number of hydrogen-bond donors (Lipinski definition) is 0. The van der Waals surface area contributed by atoms with Crippen LogP contribution in [0.25, 0.3) is 0 Å². The van der Waals surface area contributed by atoms with Gasteiger partial charge in [0.1, 0.15) is 0 Å². The summed E-state index contributed by atoms with van der Waals surface area (Å²) in [6, 6.07) is 7.68. The molecule has 1 radical (unpaired) electrons. The molecular formula is C17H16ClN2O2. The van der Waals surface area contributed by atoms with Gasteiger partial charge < -0.3 is 0 Å². The van der Waals surface area contributed by atoms with Gasteiger partial charge >= 0.3 is 0 Å². The molecule has 0 saturated carbocycles. The number of nitrogens with zero attached hydrogens (tertiary/aromatic N) is 2. The average Bonchev–Trinajstić information content (AvgIpc) is 2.99. The molecule has 5 heteroatoms. The molecule has 2 unspecified atom stereocenters. The van der Waals surface area contributed by atoms with Gasteiger partial charge in [-0.05, 0) is 37.8 Å². The first-order valence-electron chi connectivity index (χ1n) is 7.65. The summed E-state index contributed by atoms with van der Waals surface area (Å²) in [7, 11) is 0. The van der Waals surface area contributed by atoms with E-state index in [-0.39, 0.29) is 18.4 Å². The van der Waals surface area contributed by atoms with E-state index in [2.05, 4.69) is 5.32 Å². The lowest BCUT2D eigenvalue weighted by atomic mass is 9.98. The Morgan fingerprint density at radius 2 is 1.64 bits per heavy atom. The number of amides is 2. The third-order valence-corrected chi connectivity index (χ3v) is 5.16. The second kappa shape index (κ2) is 5.21. The van der Waals surface area contributed by atoms with Gasteiger partial charge in [0.15, 0.2) is 0 Å². The molecular weight excluding hydrogens is 300 g/mol. The maximum absolute atomic E-state index is 12.4. The van der Waals surface area contributed by atoms with E-state index in [1.165, 1.54) is 10.5 Å². The van der Waals surface area contributed by atoms with Crippen LogP contribution in [0.1, 0.15) is 46.4 Å². The van der Waals surface area contributed by atoms with Crippen molar-refractivity contribution in [1.82, 2.24) is 10.2 Å². The molecule has 2 amide bonds. The van der Waals surface area contributed by atoms with Crippen LogP contribution in [-0.4, -0.2) is 35.3 Å². The molecule has 0 aromatic heterocycles. The van der Waals surface area contributed by atoms with Crippen LogP contribution in [-0.2, 0) is 0 Å². The molecule has 3 aliphatic heterocycles. The first-order valence-corrected chi connectivity index (χ1v) is 8.03. The van der Waals surface area contributed by atoms with Crippen molar-refractivity contribution in [2.75, 3.05) is 6.54 Å². The van der Waals surface area contributed by atoms with Gasteiger partial charge in [-0.15, -0.1) is 0 Å². The minimum atomic E-state index is -0.247. The Hall–Kier alpha value is -1.65. The fourth-order valence-corrected chi connectivity index (χ4v) is 3.92. The molecule has 2 saturated heterocycles. The molecule has 4 nitrogen and oxygen atoms in total. The van der Waals surface area contributed by atoms with Gasteiger partial charge in [-0.3, -0.25) is 14.5 Å². The van der Waals surface area contributed by atoms with Gasteiger partial charge in [-0.2, -0.15) is 0 Å². The molecule has 2 bridgehead atoms. The average molecular weight is 316 g/mol. The van der Waals surface area contributed by atoms with Crippen LogP contribution >= 0.6 is 11.6 Å². The first-order chi connectivity index (χ1) is 10.6. The Labute approximate surface area is 134 Å². The number of imide groups is 1. The van der Waals surface area contributed by atoms with Crippen molar-refractivity contribution in [1.29, 1.82) is 0 Å². The highest BCUT2D eigenvalue weighted by Gasteiger charge is 2.37. The van der Waals surface area contributed by atoms with E-state index in [0.717, 1.165) is 25.7 Å². The topological polar surface area (TPSA) is 51.5 Å². The van der Waals surface area contributed by atoms with E-state index in [0.29, 0.717) is 28.2 Å². The van der Waals surface area contributed by atoms with E-state index in [1.54, 1.807) is 24.3 Å². The van der Waals surface area contributed by atoms with Crippen molar-refractivity contribution in [3.05, 3.63) is 46.0 Å². The zero-order valence-corrected chi connectivity index (χ0v) is 12.8. The van der Waals surface area contributed by atoms with E-state index >= 15 is 0 Å². The molecule has 3 aliphatic rings. The van der Waals surface area contributed by atoms with Crippen LogP contribution in [0.3, 0.4) is 0 Å². The summed E-state index contributed by atoms with van der Waals surface area (Å²) < 4.78 is 0. The van der Waals surface area contributed by atoms with Gasteiger partial charge in [0.2, 0.25) is 0 Å². The van der Waals surface area contributed by atoms with Crippen molar-refractivity contribution in [3.63, 3.8) is 0 Å². The summed E-state index contributed by atoms with van der Waals surface area (Å²) >= 11 is 6.46. The molecule has 0 spiro atoms. The second-order valence-electron chi connectivity index (χ2n) is 6.19. The third kappa shape index (κ3) is 2.18. The third-order valence-electron chi connectivity index (χ3n) is 4.78. The largest absolute Gasteiger partial charge is 0.269 e. The minimum Gasteiger partial charge on any atom is -0.269 e. The van der Waals surface area contributed by atoms with Crippen LogP contribution in [0.5, 0.6) is 0 Å². The molecule has 1 aromatic rings.